The molecule has 0 aliphatic heterocycles. The largest absolute Gasteiger partial charge is 0.497 e. The van der Waals surface area contributed by atoms with E-state index in [0.717, 1.165) is 0 Å². The number of methoxy groups -OCH3 is 1. The molecule has 1 aromatic heterocycles. The van der Waals surface area contributed by atoms with Crippen molar-refractivity contribution in [2.45, 2.75) is 0 Å². The van der Waals surface area contributed by atoms with E-state index in [1.165, 1.54) is 18.6 Å². The molecule has 3 N–H and O–H groups in total. The van der Waals surface area contributed by atoms with E-state index in [2.05, 4.69) is 20.5 Å². The van der Waals surface area contributed by atoms with Gasteiger partial charge in [-0.2, -0.15) is 5.10 Å². The zero-order chi connectivity index (χ0) is 14.4. The Morgan fingerprint density at radius 3 is 2.65 bits per heavy atom. The lowest BCUT2D eigenvalue weighted by atomic mass is 10.2. The minimum absolute atomic E-state index is 0.0833. The Morgan fingerprint density at radius 2 is 2.05 bits per heavy atom. The molecule has 0 aliphatic rings. The number of nitrogens with one attached hydrogen (secondary N) is 1. The smallest absolute Gasteiger partial charge is 0.271 e. The first kappa shape index (κ1) is 13.5. The number of nitrogens with zero attached hydrogens (tertiary/aromatic N) is 3. The predicted molar refractivity (Wildman–Crippen MR) is 73.2 cm³/mol. The van der Waals surface area contributed by atoms with E-state index >= 15 is 0 Å². The molecule has 0 atom stereocenters. The molecule has 0 aliphatic carbocycles. The summed E-state index contributed by atoms with van der Waals surface area (Å²) < 4.78 is 5.01. The van der Waals surface area contributed by atoms with Crippen LogP contribution < -0.4 is 15.9 Å². The van der Waals surface area contributed by atoms with Crippen molar-refractivity contribution in [3.05, 3.63) is 54.1 Å². The fraction of sp³-hybridized carbons (Fsp3) is 0.0769. The predicted octanol–water partition coefficient (Wildman–Crippen LogP) is 0.535. The van der Waals surface area contributed by atoms with E-state index in [1.54, 1.807) is 31.4 Å². The summed E-state index contributed by atoms with van der Waals surface area (Å²) >= 11 is 0. The molecule has 0 unspecified atom stereocenters. The van der Waals surface area contributed by atoms with Gasteiger partial charge in [0.2, 0.25) is 0 Å². The summed E-state index contributed by atoms with van der Waals surface area (Å²) in [6.45, 7) is 0. The second-order valence-electron chi connectivity index (χ2n) is 3.76. The van der Waals surface area contributed by atoms with Crippen LogP contribution in [-0.2, 0) is 0 Å². The molecule has 7 nitrogen and oxygen atoms in total. The number of amides is 1. The Kier molecular flexibility index (Phi) is 4.23. The number of benzene rings is 1. The van der Waals surface area contributed by atoms with Crippen LogP contribution in [-0.4, -0.2) is 28.8 Å². The number of nitrogens with two attached hydrogens (primary N) is 1. The van der Waals surface area contributed by atoms with Crippen molar-refractivity contribution < 1.29 is 9.53 Å². The highest BCUT2D eigenvalue weighted by Gasteiger charge is 2.05. The lowest BCUT2D eigenvalue weighted by Crippen LogP contribution is -2.24. The molecule has 0 bridgehead atoms. The highest BCUT2D eigenvalue weighted by atomic mass is 16.5. The van der Waals surface area contributed by atoms with Crippen LogP contribution in [0.15, 0.2) is 48.0 Å². The van der Waals surface area contributed by atoms with Crippen LogP contribution >= 0.6 is 0 Å². The number of hydrazone groups is 1. The SMILES string of the molecule is COc1ccc(C(=O)N/N=C(\N)c2cnccn2)cc1. The summed E-state index contributed by atoms with van der Waals surface area (Å²) in [6.07, 6.45) is 4.47. The molecule has 0 radical (unpaired) electrons. The zero-order valence-corrected chi connectivity index (χ0v) is 10.8. The third-order valence-corrected chi connectivity index (χ3v) is 2.46. The molecule has 1 heterocycles. The maximum Gasteiger partial charge on any atom is 0.271 e. The zero-order valence-electron chi connectivity index (χ0n) is 10.8. The molecule has 1 aromatic carbocycles. The summed E-state index contributed by atoms with van der Waals surface area (Å²) in [5, 5.41) is 3.77. The highest BCUT2D eigenvalue weighted by molar-refractivity contribution is 5.98. The standard InChI is InChI=1S/C13H13N5O2/c1-20-10-4-2-9(3-5-10)13(19)18-17-12(14)11-8-15-6-7-16-11/h2-8H,1H3,(H2,14,17)(H,18,19). The minimum atomic E-state index is -0.375. The van der Waals surface area contributed by atoms with Crippen LogP contribution in [0.4, 0.5) is 0 Å². The number of hydrogen-bond donors (Lipinski definition) is 2. The van der Waals surface area contributed by atoms with E-state index in [1.807, 2.05) is 0 Å². The van der Waals surface area contributed by atoms with Crippen molar-refractivity contribution in [3.8, 4) is 5.75 Å². The van der Waals surface area contributed by atoms with Gasteiger partial charge in [-0.25, -0.2) is 10.4 Å². The summed E-state index contributed by atoms with van der Waals surface area (Å²) in [7, 11) is 1.56. The van der Waals surface area contributed by atoms with E-state index < -0.39 is 0 Å². The van der Waals surface area contributed by atoms with Crippen molar-refractivity contribution in [2.75, 3.05) is 7.11 Å². The molecule has 2 aromatic rings. The van der Waals surface area contributed by atoms with Gasteiger partial charge in [0.1, 0.15) is 11.4 Å². The first-order valence-corrected chi connectivity index (χ1v) is 5.74. The topological polar surface area (TPSA) is 102 Å². The van der Waals surface area contributed by atoms with Gasteiger partial charge >= 0.3 is 0 Å². The fourth-order valence-electron chi connectivity index (χ4n) is 1.41. The van der Waals surface area contributed by atoms with Gasteiger partial charge in [0.05, 0.1) is 13.3 Å². The molecule has 20 heavy (non-hydrogen) atoms. The summed E-state index contributed by atoms with van der Waals surface area (Å²) in [6, 6.07) is 6.62. The molecule has 7 heteroatoms. The quantitative estimate of drug-likeness (QED) is 0.480. The average molecular weight is 271 g/mol. The van der Waals surface area contributed by atoms with Crippen LogP contribution in [0, 0.1) is 0 Å². The second-order valence-corrected chi connectivity index (χ2v) is 3.76. The monoisotopic (exact) mass is 271 g/mol. The number of carbonyl (C=O) groups is 1. The number of amidine groups is 1. The van der Waals surface area contributed by atoms with E-state index in [-0.39, 0.29) is 11.7 Å². The van der Waals surface area contributed by atoms with Gasteiger partial charge in [0, 0.05) is 18.0 Å². The molecule has 1 amide bonds. The van der Waals surface area contributed by atoms with Gasteiger partial charge < -0.3 is 10.5 Å². The van der Waals surface area contributed by atoms with Crippen molar-refractivity contribution in [2.24, 2.45) is 10.8 Å². The highest BCUT2D eigenvalue weighted by Crippen LogP contribution is 2.10. The molecule has 0 saturated carbocycles. The van der Waals surface area contributed by atoms with Gasteiger partial charge in [0.15, 0.2) is 5.84 Å². The number of aromatic nitrogens is 2. The third kappa shape index (κ3) is 3.29. The summed E-state index contributed by atoms with van der Waals surface area (Å²) in [5.41, 5.74) is 8.87. The van der Waals surface area contributed by atoms with Crippen LogP contribution in [0.2, 0.25) is 0 Å². The molecule has 2 rings (SSSR count). The number of hydrogen-bond acceptors (Lipinski definition) is 5. The second kappa shape index (κ2) is 6.28. The first-order valence-electron chi connectivity index (χ1n) is 5.74. The Labute approximate surface area is 115 Å². The summed E-state index contributed by atoms with van der Waals surface area (Å²) in [5.74, 6) is 0.378. The Morgan fingerprint density at radius 1 is 1.30 bits per heavy atom. The van der Waals surface area contributed by atoms with Crippen LogP contribution in [0.1, 0.15) is 16.1 Å². The molecular formula is C13H13N5O2. The molecular weight excluding hydrogens is 258 g/mol. The maximum atomic E-state index is 11.8. The van der Waals surface area contributed by atoms with Crippen molar-refractivity contribution >= 4 is 11.7 Å². The normalized spacial score (nSPS) is 10.9. The summed E-state index contributed by atoms with van der Waals surface area (Å²) in [4.78, 5) is 19.7. The minimum Gasteiger partial charge on any atom is -0.497 e. The Bertz CT molecular complexity index is 610. The van der Waals surface area contributed by atoms with Gasteiger partial charge in [-0.15, -0.1) is 0 Å². The van der Waals surface area contributed by atoms with Crippen LogP contribution in [0.5, 0.6) is 5.75 Å². The Hall–Kier alpha value is -2.96. The van der Waals surface area contributed by atoms with E-state index in [4.69, 9.17) is 10.5 Å². The maximum absolute atomic E-state index is 11.8. The van der Waals surface area contributed by atoms with Gasteiger partial charge in [0.25, 0.3) is 5.91 Å². The lowest BCUT2D eigenvalue weighted by Gasteiger charge is -2.03. The molecule has 0 fully saturated rings. The molecule has 0 saturated heterocycles. The number of rotatable bonds is 4. The van der Waals surface area contributed by atoms with Gasteiger partial charge in [-0.05, 0) is 24.3 Å². The Balaban J connectivity index is 2.04. The van der Waals surface area contributed by atoms with E-state index in [0.29, 0.717) is 17.0 Å². The van der Waals surface area contributed by atoms with Crippen molar-refractivity contribution in [1.82, 2.24) is 15.4 Å². The lowest BCUT2D eigenvalue weighted by molar-refractivity contribution is 0.0955. The van der Waals surface area contributed by atoms with Gasteiger partial charge in [-0.1, -0.05) is 0 Å². The number of carbonyl (C=O) groups excluding carboxylic acids is 1. The van der Waals surface area contributed by atoms with Crippen molar-refractivity contribution in [3.63, 3.8) is 0 Å². The average Bonchev–Trinajstić information content (AvgIpc) is 2.53. The van der Waals surface area contributed by atoms with Crippen LogP contribution in [0.25, 0.3) is 0 Å². The van der Waals surface area contributed by atoms with E-state index in [9.17, 15) is 4.79 Å². The van der Waals surface area contributed by atoms with Crippen LogP contribution in [0.3, 0.4) is 0 Å². The fourth-order valence-corrected chi connectivity index (χ4v) is 1.41. The molecule has 102 valence electrons. The van der Waals surface area contributed by atoms with Gasteiger partial charge in [-0.3, -0.25) is 9.78 Å². The first-order chi connectivity index (χ1) is 9.70. The van der Waals surface area contributed by atoms with Crippen molar-refractivity contribution in [1.29, 1.82) is 0 Å². The molecule has 0 spiro atoms. The number of ether oxygens (including phenoxy) is 1. The third-order valence-electron chi connectivity index (χ3n) is 2.46.